The van der Waals surface area contributed by atoms with Gasteiger partial charge in [0, 0.05) is 25.3 Å². The molecule has 1 aromatic carbocycles. The SMILES string of the molecule is CCCN(CCC)c1ccccc1CN. The molecule has 0 unspecified atom stereocenters. The summed E-state index contributed by atoms with van der Waals surface area (Å²) in [4.78, 5) is 2.43. The summed E-state index contributed by atoms with van der Waals surface area (Å²) >= 11 is 0. The summed E-state index contributed by atoms with van der Waals surface area (Å²) in [5.74, 6) is 0. The van der Waals surface area contributed by atoms with Crippen LogP contribution in [-0.4, -0.2) is 13.1 Å². The predicted molar refractivity (Wildman–Crippen MR) is 67.1 cm³/mol. The third-order valence-electron chi connectivity index (χ3n) is 2.54. The van der Waals surface area contributed by atoms with Crippen molar-refractivity contribution in [3.05, 3.63) is 29.8 Å². The maximum absolute atomic E-state index is 5.75. The molecule has 0 amide bonds. The van der Waals surface area contributed by atoms with Crippen LogP contribution in [0.2, 0.25) is 0 Å². The fourth-order valence-corrected chi connectivity index (χ4v) is 1.88. The van der Waals surface area contributed by atoms with Crippen molar-refractivity contribution in [3.63, 3.8) is 0 Å². The quantitative estimate of drug-likeness (QED) is 0.775. The predicted octanol–water partition coefficient (Wildman–Crippen LogP) is 2.77. The van der Waals surface area contributed by atoms with Gasteiger partial charge in [0.1, 0.15) is 0 Å². The molecule has 84 valence electrons. The van der Waals surface area contributed by atoms with Crippen molar-refractivity contribution in [2.24, 2.45) is 5.73 Å². The average Bonchev–Trinajstić information content (AvgIpc) is 2.29. The molecule has 0 aromatic heterocycles. The monoisotopic (exact) mass is 206 g/mol. The highest BCUT2D eigenvalue weighted by Crippen LogP contribution is 2.20. The molecule has 0 bridgehead atoms. The number of nitrogens with two attached hydrogens (primary N) is 1. The van der Waals surface area contributed by atoms with E-state index in [1.807, 2.05) is 0 Å². The van der Waals surface area contributed by atoms with Crippen LogP contribution in [0.4, 0.5) is 5.69 Å². The van der Waals surface area contributed by atoms with Crippen molar-refractivity contribution < 1.29 is 0 Å². The van der Waals surface area contributed by atoms with Gasteiger partial charge in [-0.25, -0.2) is 0 Å². The molecular formula is C13H22N2. The smallest absolute Gasteiger partial charge is 0.0411 e. The molecule has 0 radical (unpaired) electrons. The van der Waals surface area contributed by atoms with Gasteiger partial charge >= 0.3 is 0 Å². The second-order valence-corrected chi connectivity index (χ2v) is 3.82. The summed E-state index contributed by atoms with van der Waals surface area (Å²) in [5.41, 5.74) is 8.31. The van der Waals surface area contributed by atoms with Gasteiger partial charge in [0.15, 0.2) is 0 Å². The maximum atomic E-state index is 5.75. The van der Waals surface area contributed by atoms with Crippen LogP contribution in [0.1, 0.15) is 32.3 Å². The van der Waals surface area contributed by atoms with E-state index >= 15 is 0 Å². The van der Waals surface area contributed by atoms with Crippen LogP contribution in [0.15, 0.2) is 24.3 Å². The topological polar surface area (TPSA) is 29.3 Å². The standard InChI is InChI=1S/C13H22N2/c1-3-9-15(10-4-2)13-8-6-5-7-12(13)11-14/h5-8H,3-4,9-11,14H2,1-2H3. The highest BCUT2D eigenvalue weighted by molar-refractivity contribution is 5.53. The van der Waals surface area contributed by atoms with Crippen molar-refractivity contribution in [1.29, 1.82) is 0 Å². The zero-order chi connectivity index (χ0) is 11.1. The van der Waals surface area contributed by atoms with Crippen molar-refractivity contribution in [3.8, 4) is 0 Å². The number of anilines is 1. The van der Waals surface area contributed by atoms with Crippen LogP contribution in [-0.2, 0) is 6.54 Å². The molecule has 1 aromatic rings. The number of benzene rings is 1. The van der Waals surface area contributed by atoms with Gasteiger partial charge in [-0.2, -0.15) is 0 Å². The Morgan fingerprint density at radius 2 is 1.67 bits per heavy atom. The van der Waals surface area contributed by atoms with E-state index in [4.69, 9.17) is 5.73 Å². The van der Waals surface area contributed by atoms with Gasteiger partial charge in [-0.05, 0) is 24.5 Å². The largest absolute Gasteiger partial charge is 0.371 e. The minimum atomic E-state index is 0.625. The van der Waals surface area contributed by atoms with E-state index in [0.29, 0.717) is 6.54 Å². The first-order valence-corrected chi connectivity index (χ1v) is 5.86. The lowest BCUT2D eigenvalue weighted by Gasteiger charge is -2.26. The molecule has 0 aliphatic rings. The second kappa shape index (κ2) is 6.46. The van der Waals surface area contributed by atoms with Crippen molar-refractivity contribution in [1.82, 2.24) is 0 Å². The lowest BCUT2D eigenvalue weighted by molar-refractivity contribution is 0.740. The molecule has 0 saturated heterocycles. The maximum Gasteiger partial charge on any atom is 0.0411 e. The van der Waals surface area contributed by atoms with E-state index in [9.17, 15) is 0 Å². The summed E-state index contributed by atoms with van der Waals surface area (Å²) in [6.45, 7) is 7.29. The van der Waals surface area contributed by atoms with E-state index in [2.05, 4.69) is 43.0 Å². The van der Waals surface area contributed by atoms with Crippen LogP contribution < -0.4 is 10.6 Å². The summed E-state index contributed by atoms with van der Waals surface area (Å²) in [7, 11) is 0. The van der Waals surface area contributed by atoms with Gasteiger partial charge in [-0.3, -0.25) is 0 Å². The van der Waals surface area contributed by atoms with Crippen LogP contribution >= 0.6 is 0 Å². The second-order valence-electron chi connectivity index (χ2n) is 3.82. The Hall–Kier alpha value is -1.02. The molecule has 15 heavy (non-hydrogen) atoms. The Balaban J connectivity index is 2.88. The van der Waals surface area contributed by atoms with E-state index < -0.39 is 0 Å². The Morgan fingerprint density at radius 3 is 2.20 bits per heavy atom. The molecule has 0 aliphatic carbocycles. The summed E-state index contributed by atoms with van der Waals surface area (Å²) in [6.07, 6.45) is 2.36. The summed E-state index contributed by atoms with van der Waals surface area (Å²) < 4.78 is 0. The molecule has 0 fully saturated rings. The minimum absolute atomic E-state index is 0.625. The molecule has 0 spiro atoms. The third-order valence-corrected chi connectivity index (χ3v) is 2.54. The first-order valence-electron chi connectivity index (χ1n) is 5.86. The number of nitrogens with zero attached hydrogens (tertiary/aromatic N) is 1. The number of hydrogen-bond donors (Lipinski definition) is 1. The third kappa shape index (κ3) is 3.24. The highest BCUT2D eigenvalue weighted by Gasteiger charge is 2.07. The van der Waals surface area contributed by atoms with Gasteiger partial charge in [0.05, 0.1) is 0 Å². The van der Waals surface area contributed by atoms with E-state index in [0.717, 1.165) is 13.1 Å². The first-order chi connectivity index (χ1) is 7.33. The lowest BCUT2D eigenvalue weighted by Crippen LogP contribution is -2.26. The van der Waals surface area contributed by atoms with Crippen LogP contribution in [0.3, 0.4) is 0 Å². The van der Waals surface area contributed by atoms with Crippen LogP contribution in [0.5, 0.6) is 0 Å². The molecule has 2 heteroatoms. The van der Waals surface area contributed by atoms with Gasteiger partial charge in [0.25, 0.3) is 0 Å². The van der Waals surface area contributed by atoms with Gasteiger partial charge < -0.3 is 10.6 Å². The molecule has 1 rings (SSSR count). The fraction of sp³-hybridized carbons (Fsp3) is 0.538. The highest BCUT2D eigenvalue weighted by atomic mass is 15.1. The minimum Gasteiger partial charge on any atom is -0.371 e. The zero-order valence-electron chi connectivity index (χ0n) is 9.87. The summed E-state index contributed by atoms with van der Waals surface area (Å²) in [5, 5.41) is 0. The molecule has 0 atom stereocenters. The number of para-hydroxylation sites is 1. The molecule has 0 aliphatic heterocycles. The van der Waals surface area contributed by atoms with Crippen LogP contribution in [0, 0.1) is 0 Å². The molecule has 2 N–H and O–H groups in total. The van der Waals surface area contributed by atoms with E-state index in [1.54, 1.807) is 0 Å². The normalized spacial score (nSPS) is 10.3. The Labute approximate surface area is 93.1 Å². The van der Waals surface area contributed by atoms with Crippen molar-refractivity contribution in [2.75, 3.05) is 18.0 Å². The molecule has 0 heterocycles. The lowest BCUT2D eigenvalue weighted by atomic mass is 10.1. The van der Waals surface area contributed by atoms with Gasteiger partial charge in [-0.1, -0.05) is 32.0 Å². The fourth-order valence-electron chi connectivity index (χ4n) is 1.88. The van der Waals surface area contributed by atoms with Crippen molar-refractivity contribution in [2.45, 2.75) is 33.2 Å². The van der Waals surface area contributed by atoms with Gasteiger partial charge in [-0.15, -0.1) is 0 Å². The molecule has 2 nitrogen and oxygen atoms in total. The van der Waals surface area contributed by atoms with Crippen molar-refractivity contribution >= 4 is 5.69 Å². The Kier molecular flexibility index (Phi) is 5.19. The first kappa shape index (κ1) is 12.1. The molecule has 0 saturated carbocycles. The van der Waals surface area contributed by atoms with E-state index in [-0.39, 0.29) is 0 Å². The zero-order valence-corrected chi connectivity index (χ0v) is 9.87. The van der Waals surface area contributed by atoms with E-state index in [1.165, 1.54) is 24.1 Å². The molecular weight excluding hydrogens is 184 g/mol. The Bertz CT molecular complexity index is 278. The average molecular weight is 206 g/mol. The summed E-state index contributed by atoms with van der Waals surface area (Å²) in [6, 6.07) is 8.44. The van der Waals surface area contributed by atoms with Gasteiger partial charge in [0.2, 0.25) is 0 Å². The Morgan fingerprint density at radius 1 is 1.07 bits per heavy atom. The van der Waals surface area contributed by atoms with Crippen LogP contribution in [0.25, 0.3) is 0 Å². The number of hydrogen-bond acceptors (Lipinski definition) is 2. The number of rotatable bonds is 6.